The minimum absolute atomic E-state index is 0.232. The molecule has 1 amide bonds. The van der Waals surface area contributed by atoms with Gasteiger partial charge in [-0.3, -0.25) is 15.2 Å². The summed E-state index contributed by atoms with van der Waals surface area (Å²) in [7, 11) is 0. The number of hydrogen-bond donors (Lipinski definition) is 4. The van der Waals surface area contributed by atoms with E-state index in [-0.39, 0.29) is 23.5 Å². The fourth-order valence-electron chi connectivity index (χ4n) is 2.48. The molecule has 3 aromatic rings. The van der Waals surface area contributed by atoms with Gasteiger partial charge in [-0.1, -0.05) is 0 Å². The van der Waals surface area contributed by atoms with E-state index in [1.165, 1.54) is 24.4 Å². The van der Waals surface area contributed by atoms with E-state index in [2.05, 4.69) is 30.8 Å². The number of aromatic nitrogens is 3. The molecule has 0 aliphatic carbocycles. The number of carbonyl (C=O) groups excluding carboxylic acids is 1. The highest BCUT2D eigenvalue weighted by Gasteiger charge is 2.16. The lowest BCUT2D eigenvalue weighted by Crippen LogP contribution is -2.38. The molecule has 0 aliphatic rings. The fourth-order valence-corrected chi connectivity index (χ4v) is 2.48. The number of hydrogen-bond acceptors (Lipinski definition) is 5. The molecule has 2 aromatic heterocycles. The SMILES string of the molecule is CC(C)(C)N=C(NC(=O)c1ccnc(N)c1)Nc1cc(-c2ccc(F)cc2)[nH]n1. The number of rotatable bonds is 3. The second kappa shape index (κ2) is 8.09. The van der Waals surface area contributed by atoms with Crippen LogP contribution in [0, 0.1) is 5.82 Å². The van der Waals surface area contributed by atoms with Gasteiger partial charge in [0.1, 0.15) is 11.6 Å². The van der Waals surface area contributed by atoms with E-state index in [4.69, 9.17) is 5.73 Å². The first kappa shape index (κ1) is 20.0. The van der Waals surface area contributed by atoms with E-state index < -0.39 is 5.54 Å². The molecule has 2 heterocycles. The lowest BCUT2D eigenvalue weighted by atomic mass is 10.1. The lowest BCUT2D eigenvalue weighted by Gasteiger charge is -2.17. The number of guanidine groups is 1. The van der Waals surface area contributed by atoms with Gasteiger partial charge in [-0.2, -0.15) is 5.10 Å². The Hall–Kier alpha value is -3.75. The topological polar surface area (TPSA) is 121 Å². The Bertz CT molecular complexity index is 1040. The number of benzene rings is 1. The van der Waals surface area contributed by atoms with Crippen LogP contribution in [0.3, 0.4) is 0 Å². The maximum absolute atomic E-state index is 13.1. The Balaban J connectivity index is 1.80. The molecule has 0 spiro atoms. The van der Waals surface area contributed by atoms with Crippen molar-refractivity contribution in [2.75, 3.05) is 11.1 Å². The number of nitrogens with two attached hydrogens (primary N) is 1. The molecule has 0 fully saturated rings. The summed E-state index contributed by atoms with van der Waals surface area (Å²) in [5.41, 5.74) is 7.01. The van der Waals surface area contributed by atoms with Crippen molar-refractivity contribution in [3.8, 4) is 11.3 Å². The molecule has 0 bridgehead atoms. The molecule has 0 aliphatic heterocycles. The van der Waals surface area contributed by atoms with Crippen LogP contribution in [0.15, 0.2) is 53.7 Å². The second-order valence-electron chi connectivity index (χ2n) is 7.35. The van der Waals surface area contributed by atoms with Crippen LogP contribution in [0.1, 0.15) is 31.1 Å². The number of aromatic amines is 1. The average molecular weight is 395 g/mol. The second-order valence-corrected chi connectivity index (χ2v) is 7.35. The van der Waals surface area contributed by atoms with Crippen LogP contribution in [0.25, 0.3) is 11.3 Å². The van der Waals surface area contributed by atoms with Crippen molar-refractivity contribution in [2.45, 2.75) is 26.3 Å². The van der Waals surface area contributed by atoms with E-state index in [9.17, 15) is 9.18 Å². The molecule has 0 unspecified atom stereocenters. The largest absolute Gasteiger partial charge is 0.384 e. The summed E-state index contributed by atoms with van der Waals surface area (Å²) in [5.74, 6) is 0.225. The first-order valence-corrected chi connectivity index (χ1v) is 8.91. The van der Waals surface area contributed by atoms with E-state index in [1.54, 1.807) is 24.3 Å². The van der Waals surface area contributed by atoms with Gasteiger partial charge in [-0.25, -0.2) is 14.4 Å². The van der Waals surface area contributed by atoms with E-state index in [1.807, 2.05) is 20.8 Å². The van der Waals surface area contributed by atoms with Crippen LogP contribution in [-0.2, 0) is 0 Å². The van der Waals surface area contributed by atoms with Gasteiger partial charge in [-0.15, -0.1) is 0 Å². The highest BCUT2D eigenvalue weighted by Crippen LogP contribution is 2.20. The van der Waals surface area contributed by atoms with Crippen LogP contribution in [0.5, 0.6) is 0 Å². The Kier molecular flexibility index (Phi) is 5.58. The van der Waals surface area contributed by atoms with Crippen LogP contribution in [-0.4, -0.2) is 32.6 Å². The van der Waals surface area contributed by atoms with Crippen molar-refractivity contribution in [1.82, 2.24) is 20.5 Å². The van der Waals surface area contributed by atoms with Crippen molar-refractivity contribution >= 4 is 23.5 Å². The zero-order valence-corrected chi connectivity index (χ0v) is 16.3. The molecule has 0 radical (unpaired) electrons. The van der Waals surface area contributed by atoms with Crippen LogP contribution in [0.4, 0.5) is 16.0 Å². The molecule has 0 atom stereocenters. The number of pyridine rings is 1. The number of amides is 1. The third-order valence-electron chi connectivity index (χ3n) is 3.70. The standard InChI is InChI=1S/C20H22FN7O/c1-20(2,3)26-19(25-18(29)13-8-9-23-16(22)10-13)24-17-11-15(27-28-17)12-4-6-14(21)7-5-12/h4-11H,1-3H3,(H2,22,23)(H3,24,25,26,27,28,29). The van der Waals surface area contributed by atoms with Gasteiger partial charge in [0.15, 0.2) is 5.82 Å². The minimum Gasteiger partial charge on any atom is -0.384 e. The van der Waals surface area contributed by atoms with Gasteiger partial charge < -0.3 is 11.1 Å². The molecule has 150 valence electrons. The van der Waals surface area contributed by atoms with Crippen LogP contribution >= 0.6 is 0 Å². The number of aliphatic imine (C=N–C) groups is 1. The summed E-state index contributed by atoms with van der Waals surface area (Å²) >= 11 is 0. The smallest absolute Gasteiger partial charge is 0.258 e. The van der Waals surface area contributed by atoms with Crippen molar-refractivity contribution in [3.63, 3.8) is 0 Å². The molecule has 29 heavy (non-hydrogen) atoms. The zero-order chi connectivity index (χ0) is 21.0. The number of nitrogen functional groups attached to an aromatic ring is 1. The van der Waals surface area contributed by atoms with Gasteiger partial charge in [-0.05, 0) is 62.7 Å². The summed E-state index contributed by atoms with van der Waals surface area (Å²) < 4.78 is 13.1. The molecular weight excluding hydrogens is 373 g/mol. The number of nitrogens with zero attached hydrogens (tertiary/aromatic N) is 3. The molecular formula is C20H22FN7O. The molecule has 1 aromatic carbocycles. The Morgan fingerprint density at radius 3 is 2.55 bits per heavy atom. The van der Waals surface area contributed by atoms with Gasteiger partial charge in [0, 0.05) is 17.8 Å². The maximum atomic E-state index is 13.1. The van der Waals surface area contributed by atoms with Gasteiger partial charge in [0.25, 0.3) is 5.91 Å². The van der Waals surface area contributed by atoms with E-state index >= 15 is 0 Å². The third kappa shape index (κ3) is 5.61. The summed E-state index contributed by atoms with van der Waals surface area (Å²) in [6.45, 7) is 5.71. The number of carbonyl (C=O) groups is 1. The molecule has 8 nitrogen and oxygen atoms in total. The lowest BCUT2D eigenvalue weighted by molar-refractivity contribution is 0.0976. The van der Waals surface area contributed by atoms with Crippen molar-refractivity contribution in [1.29, 1.82) is 0 Å². The molecule has 3 rings (SSSR count). The van der Waals surface area contributed by atoms with Crippen molar-refractivity contribution in [2.24, 2.45) is 4.99 Å². The maximum Gasteiger partial charge on any atom is 0.258 e. The number of H-pyrrole nitrogens is 1. The Morgan fingerprint density at radius 1 is 1.17 bits per heavy atom. The predicted molar refractivity (Wildman–Crippen MR) is 111 cm³/mol. The minimum atomic E-state index is -0.455. The quantitative estimate of drug-likeness (QED) is 0.401. The van der Waals surface area contributed by atoms with Crippen LogP contribution < -0.4 is 16.4 Å². The average Bonchev–Trinajstić information content (AvgIpc) is 3.09. The zero-order valence-electron chi connectivity index (χ0n) is 16.3. The fraction of sp³-hybridized carbons (Fsp3) is 0.200. The molecule has 0 saturated heterocycles. The van der Waals surface area contributed by atoms with Crippen LogP contribution in [0.2, 0.25) is 0 Å². The predicted octanol–water partition coefficient (Wildman–Crippen LogP) is 3.19. The molecule has 5 N–H and O–H groups in total. The van der Waals surface area contributed by atoms with Crippen molar-refractivity contribution in [3.05, 3.63) is 60.0 Å². The summed E-state index contributed by atoms with van der Waals surface area (Å²) in [6.07, 6.45) is 1.46. The third-order valence-corrected chi connectivity index (χ3v) is 3.70. The first-order valence-electron chi connectivity index (χ1n) is 8.91. The summed E-state index contributed by atoms with van der Waals surface area (Å²) in [5, 5.41) is 12.8. The summed E-state index contributed by atoms with van der Waals surface area (Å²) in [4.78, 5) is 21.0. The Morgan fingerprint density at radius 2 is 1.90 bits per heavy atom. The highest BCUT2D eigenvalue weighted by molar-refractivity contribution is 6.10. The molecule has 9 heteroatoms. The van der Waals surface area contributed by atoms with E-state index in [0.29, 0.717) is 17.1 Å². The number of nitrogens with one attached hydrogen (secondary N) is 3. The van der Waals surface area contributed by atoms with Gasteiger partial charge in [0.2, 0.25) is 5.96 Å². The number of anilines is 2. The van der Waals surface area contributed by atoms with E-state index in [0.717, 1.165) is 5.56 Å². The Labute approximate surface area is 167 Å². The van der Waals surface area contributed by atoms with Gasteiger partial charge in [0.05, 0.1) is 11.2 Å². The highest BCUT2D eigenvalue weighted by atomic mass is 19.1. The monoisotopic (exact) mass is 395 g/mol. The summed E-state index contributed by atoms with van der Waals surface area (Å²) in [6, 6.07) is 10.8. The first-order chi connectivity index (χ1) is 13.7. The van der Waals surface area contributed by atoms with Crippen molar-refractivity contribution < 1.29 is 9.18 Å². The number of halogens is 1. The molecule has 0 saturated carbocycles. The normalized spacial score (nSPS) is 11.9. The van der Waals surface area contributed by atoms with Gasteiger partial charge >= 0.3 is 0 Å².